The minimum absolute atomic E-state index is 0.0895. The Morgan fingerprint density at radius 1 is 1.29 bits per heavy atom. The third-order valence-electron chi connectivity index (χ3n) is 3.67. The van der Waals surface area contributed by atoms with Gasteiger partial charge in [0.15, 0.2) is 5.75 Å². The molecule has 1 aromatic rings. The molecule has 0 bridgehead atoms. The second-order valence-electron chi connectivity index (χ2n) is 5.84. The van der Waals surface area contributed by atoms with Crippen molar-refractivity contribution in [2.75, 3.05) is 13.1 Å². The van der Waals surface area contributed by atoms with E-state index in [0.29, 0.717) is 12.0 Å². The van der Waals surface area contributed by atoms with Gasteiger partial charge in [0.25, 0.3) is 0 Å². The molecule has 6 heteroatoms. The van der Waals surface area contributed by atoms with Gasteiger partial charge in [-0.3, -0.25) is 0 Å². The van der Waals surface area contributed by atoms with Gasteiger partial charge < -0.3 is 10.1 Å². The molecular weight excluding hydrogens is 319 g/mol. The molecule has 2 nitrogen and oxygen atoms in total. The first-order valence-corrected chi connectivity index (χ1v) is 7.86. The summed E-state index contributed by atoms with van der Waals surface area (Å²) < 4.78 is 33.0. The van der Waals surface area contributed by atoms with Crippen LogP contribution in [0.4, 0.5) is 8.78 Å². The molecule has 0 amide bonds. The average Bonchev–Trinajstić information content (AvgIpc) is 2.93. The van der Waals surface area contributed by atoms with Crippen molar-refractivity contribution in [3.8, 4) is 5.75 Å². The molecule has 1 aliphatic rings. The molecular formula is C15H19Cl2F2NO. The lowest BCUT2D eigenvalue weighted by Gasteiger charge is -2.27. The number of hydrogen-bond donors (Lipinski definition) is 1. The van der Waals surface area contributed by atoms with Crippen LogP contribution in [0.25, 0.3) is 0 Å². The van der Waals surface area contributed by atoms with Crippen molar-refractivity contribution >= 4 is 23.2 Å². The molecule has 0 saturated carbocycles. The maximum Gasteiger partial charge on any atom is 0.162 e. The van der Waals surface area contributed by atoms with Gasteiger partial charge in [-0.2, -0.15) is 0 Å². The van der Waals surface area contributed by atoms with Gasteiger partial charge in [-0.05, 0) is 25.3 Å². The smallest absolute Gasteiger partial charge is 0.162 e. The molecule has 21 heavy (non-hydrogen) atoms. The summed E-state index contributed by atoms with van der Waals surface area (Å²) in [4.78, 5) is 0. The first-order valence-electron chi connectivity index (χ1n) is 7.10. The maximum absolute atomic E-state index is 13.6. The molecule has 2 atom stereocenters. The van der Waals surface area contributed by atoms with Crippen LogP contribution in [0.3, 0.4) is 0 Å². The molecule has 1 fully saturated rings. The first kappa shape index (κ1) is 16.8. The molecule has 0 radical (unpaired) electrons. The van der Waals surface area contributed by atoms with E-state index in [1.54, 1.807) is 0 Å². The fourth-order valence-electron chi connectivity index (χ4n) is 2.60. The number of nitrogens with one attached hydrogen (secondary N) is 1. The summed E-state index contributed by atoms with van der Waals surface area (Å²) in [5.74, 6) is -1.13. The Balaban J connectivity index is 2.27. The zero-order valence-corrected chi connectivity index (χ0v) is 13.6. The number of halogens is 4. The molecule has 1 N–H and O–H groups in total. The highest BCUT2D eigenvalue weighted by atomic mass is 35.5. The van der Waals surface area contributed by atoms with Crippen LogP contribution in [0.5, 0.6) is 5.75 Å². The van der Waals surface area contributed by atoms with Crippen LogP contribution in [0.2, 0.25) is 10.0 Å². The summed E-state index contributed by atoms with van der Waals surface area (Å²) in [5, 5.41) is 2.74. The number of ether oxygens (including phenoxy) is 1. The lowest BCUT2D eigenvalue weighted by atomic mass is 9.93. The SMILES string of the molecule is CC(C)CC(Oc1c(Cl)c(F)cc(F)c1Cl)C1CCNC1. The Hall–Kier alpha value is -0.580. The highest BCUT2D eigenvalue weighted by Gasteiger charge is 2.29. The Morgan fingerprint density at radius 3 is 2.38 bits per heavy atom. The molecule has 1 saturated heterocycles. The summed E-state index contributed by atoms with van der Waals surface area (Å²) >= 11 is 11.8. The van der Waals surface area contributed by atoms with Crippen LogP contribution in [0, 0.1) is 23.5 Å². The number of rotatable bonds is 5. The second-order valence-corrected chi connectivity index (χ2v) is 6.59. The van der Waals surface area contributed by atoms with Gasteiger partial charge in [-0.1, -0.05) is 37.0 Å². The number of hydrogen-bond acceptors (Lipinski definition) is 2. The van der Waals surface area contributed by atoms with Gasteiger partial charge in [0.05, 0.1) is 0 Å². The van der Waals surface area contributed by atoms with Gasteiger partial charge in [0.2, 0.25) is 0 Å². The predicted molar refractivity (Wildman–Crippen MR) is 81.2 cm³/mol. The lowest BCUT2D eigenvalue weighted by Crippen LogP contribution is -2.30. The van der Waals surface area contributed by atoms with Crippen LogP contribution in [-0.2, 0) is 0 Å². The monoisotopic (exact) mass is 337 g/mol. The fourth-order valence-corrected chi connectivity index (χ4v) is 3.04. The van der Waals surface area contributed by atoms with E-state index in [2.05, 4.69) is 19.2 Å². The normalized spacial score (nSPS) is 20.0. The number of benzene rings is 1. The van der Waals surface area contributed by atoms with Crippen molar-refractivity contribution < 1.29 is 13.5 Å². The van der Waals surface area contributed by atoms with E-state index in [-0.39, 0.29) is 27.8 Å². The topological polar surface area (TPSA) is 21.3 Å². The minimum atomic E-state index is -0.860. The first-order chi connectivity index (χ1) is 9.90. The quantitative estimate of drug-likeness (QED) is 0.788. The van der Waals surface area contributed by atoms with E-state index in [4.69, 9.17) is 27.9 Å². The van der Waals surface area contributed by atoms with Gasteiger partial charge in [-0.25, -0.2) is 8.78 Å². The van der Waals surface area contributed by atoms with Gasteiger partial charge in [0, 0.05) is 18.5 Å². The Labute approximate surface area is 133 Å². The van der Waals surface area contributed by atoms with Crippen molar-refractivity contribution in [1.29, 1.82) is 0 Å². The molecule has 2 unspecified atom stereocenters. The summed E-state index contributed by atoms with van der Waals surface area (Å²) in [5.41, 5.74) is 0. The highest BCUT2D eigenvalue weighted by Crippen LogP contribution is 2.39. The van der Waals surface area contributed by atoms with Crippen LogP contribution < -0.4 is 10.1 Å². The van der Waals surface area contributed by atoms with E-state index in [1.165, 1.54) is 0 Å². The zero-order chi connectivity index (χ0) is 15.6. The lowest BCUT2D eigenvalue weighted by molar-refractivity contribution is 0.119. The standard InChI is InChI=1S/C15H19Cl2F2NO/c1-8(2)5-12(9-3-4-20-7-9)21-15-13(16)10(18)6-11(19)14(15)17/h6,8-9,12,20H,3-5,7H2,1-2H3. The van der Waals surface area contributed by atoms with Crippen LogP contribution in [0.1, 0.15) is 26.7 Å². The van der Waals surface area contributed by atoms with E-state index >= 15 is 0 Å². The predicted octanol–water partition coefficient (Wildman–Crippen LogP) is 4.67. The van der Waals surface area contributed by atoms with Gasteiger partial charge in [-0.15, -0.1) is 0 Å². The van der Waals surface area contributed by atoms with Crippen LogP contribution in [-0.4, -0.2) is 19.2 Å². The van der Waals surface area contributed by atoms with E-state index in [0.717, 1.165) is 25.9 Å². The minimum Gasteiger partial charge on any atom is -0.487 e. The van der Waals surface area contributed by atoms with E-state index in [9.17, 15) is 8.78 Å². The van der Waals surface area contributed by atoms with Crippen LogP contribution >= 0.6 is 23.2 Å². The third kappa shape index (κ3) is 3.99. The summed E-state index contributed by atoms with van der Waals surface area (Å²) in [6, 6.07) is 0.673. The molecule has 118 valence electrons. The van der Waals surface area contributed by atoms with Gasteiger partial charge >= 0.3 is 0 Å². The van der Waals surface area contributed by atoms with Crippen LogP contribution in [0.15, 0.2) is 6.07 Å². The van der Waals surface area contributed by atoms with Crippen molar-refractivity contribution in [2.24, 2.45) is 11.8 Å². The highest BCUT2D eigenvalue weighted by molar-refractivity contribution is 6.37. The molecule has 1 heterocycles. The van der Waals surface area contributed by atoms with E-state index in [1.807, 2.05) is 0 Å². The fraction of sp³-hybridized carbons (Fsp3) is 0.600. The zero-order valence-electron chi connectivity index (χ0n) is 12.1. The van der Waals surface area contributed by atoms with E-state index < -0.39 is 11.6 Å². The van der Waals surface area contributed by atoms with Crippen molar-refractivity contribution in [1.82, 2.24) is 5.32 Å². The molecule has 2 rings (SSSR count). The van der Waals surface area contributed by atoms with Crippen molar-refractivity contribution in [2.45, 2.75) is 32.8 Å². The van der Waals surface area contributed by atoms with Crippen molar-refractivity contribution in [3.63, 3.8) is 0 Å². The summed E-state index contributed by atoms with van der Waals surface area (Å²) in [6.07, 6.45) is 1.57. The third-order valence-corrected chi connectivity index (χ3v) is 4.37. The molecule has 0 spiro atoms. The Kier molecular flexibility index (Phi) is 5.69. The molecule has 0 aromatic heterocycles. The van der Waals surface area contributed by atoms with Gasteiger partial charge in [0.1, 0.15) is 27.8 Å². The summed E-state index contributed by atoms with van der Waals surface area (Å²) in [7, 11) is 0. The van der Waals surface area contributed by atoms with Crippen molar-refractivity contribution in [3.05, 3.63) is 27.7 Å². The Morgan fingerprint density at radius 2 is 1.90 bits per heavy atom. The largest absolute Gasteiger partial charge is 0.487 e. The second kappa shape index (κ2) is 7.12. The molecule has 0 aliphatic carbocycles. The maximum atomic E-state index is 13.6. The summed E-state index contributed by atoms with van der Waals surface area (Å²) in [6.45, 7) is 5.90. The molecule has 1 aliphatic heterocycles. The average molecular weight is 338 g/mol. The Bertz CT molecular complexity index is 479. The molecule has 1 aromatic carbocycles.